The van der Waals surface area contributed by atoms with Crippen molar-refractivity contribution in [2.24, 2.45) is 5.84 Å². The molecule has 2 aromatic heterocycles. The summed E-state index contributed by atoms with van der Waals surface area (Å²) in [6, 6.07) is 22.0. The van der Waals surface area contributed by atoms with Crippen LogP contribution in [0.25, 0.3) is 0 Å². The number of nitrogens with one attached hydrogen (secondary N) is 5. The van der Waals surface area contributed by atoms with Crippen LogP contribution in [0.1, 0.15) is 11.1 Å². The molecule has 0 aliphatic carbocycles. The number of anilines is 2. The number of hydrogen-bond acceptors (Lipinski definition) is 8. The molecule has 0 saturated carbocycles. The summed E-state index contributed by atoms with van der Waals surface area (Å²) in [4.78, 5) is 30.1. The van der Waals surface area contributed by atoms with Gasteiger partial charge in [-0.1, -0.05) is 51.3 Å². The van der Waals surface area contributed by atoms with Crippen LogP contribution in [0.5, 0.6) is 0 Å². The van der Waals surface area contributed by atoms with Crippen molar-refractivity contribution in [3.63, 3.8) is 0 Å². The lowest BCUT2D eigenvalue weighted by molar-refractivity contribution is -0.120. The van der Waals surface area contributed by atoms with E-state index in [4.69, 9.17) is 29.0 Å². The van der Waals surface area contributed by atoms with E-state index in [1.54, 1.807) is 55.1 Å². The molecule has 0 spiro atoms. The summed E-state index contributed by atoms with van der Waals surface area (Å²) in [5.74, 6) is 4.47. The van der Waals surface area contributed by atoms with Gasteiger partial charge in [-0.3, -0.25) is 30.4 Å². The average Bonchev–Trinajstić information content (AvgIpc) is 3.00. The van der Waals surface area contributed by atoms with Gasteiger partial charge in [0.1, 0.15) is 0 Å². The number of alkyl halides is 1. The molecule has 7 N–H and O–H groups in total. The molecule has 0 saturated heterocycles. The Hall–Kier alpha value is -3.74. The third kappa shape index (κ3) is 15.6. The van der Waals surface area contributed by atoms with Gasteiger partial charge >= 0.3 is 0 Å². The van der Waals surface area contributed by atoms with Crippen molar-refractivity contribution in [1.82, 2.24) is 26.2 Å². The standard InChI is InChI=1S/C14H15ClN4O.C8H10ClN3O.C6H6BrN/c15-12-2-1-3-13(8-12)17-10-14(20)19-18-9-11-4-6-16-7-5-11;9-6-2-1-3-7(4-6)11-5-8(13)12-10;7-5-6-1-3-8-4-2-6/h1-8,17-18H,9-10H2,(H,19,20);1-4,11H,5,10H2,(H,12,13);1-4H,5H2. The topological polar surface area (TPSA) is 146 Å². The molecule has 2 aromatic carbocycles. The first kappa shape index (κ1) is 33.5. The van der Waals surface area contributed by atoms with Crippen LogP contribution in [0.2, 0.25) is 10.0 Å². The Morgan fingerprint density at radius 1 is 0.732 bits per heavy atom. The summed E-state index contributed by atoms with van der Waals surface area (Å²) in [6.45, 7) is 0.853. The minimum absolute atomic E-state index is 0.136. The number of hydrazine groups is 2. The first-order chi connectivity index (χ1) is 19.9. The second-order valence-electron chi connectivity index (χ2n) is 8.04. The third-order valence-corrected chi connectivity index (χ3v) is 6.01. The van der Waals surface area contributed by atoms with Crippen molar-refractivity contribution < 1.29 is 9.59 Å². The van der Waals surface area contributed by atoms with Gasteiger partial charge in [-0.25, -0.2) is 11.3 Å². The molecule has 0 bridgehead atoms. The normalized spacial score (nSPS) is 9.66. The largest absolute Gasteiger partial charge is 0.376 e. The maximum atomic E-state index is 11.6. The fourth-order valence-electron chi connectivity index (χ4n) is 2.87. The molecule has 216 valence electrons. The highest BCUT2D eigenvalue weighted by Gasteiger charge is 2.01. The fraction of sp³-hybridized carbons (Fsp3) is 0.143. The van der Waals surface area contributed by atoms with Crippen LogP contribution in [0.15, 0.2) is 97.6 Å². The van der Waals surface area contributed by atoms with Crippen LogP contribution >= 0.6 is 39.1 Å². The van der Waals surface area contributed by atoms with Crippen molar-refractivity contribution in [2.45, 2.75) is 11.9 Å². The van der Waals surface area contributed by atoms with Gasteiger partial charge in [0.2, 0.25) is 0 Å². The maximum absolute atomic E-state index is 11.6. The minimum Gasteiger partial charge on any atom is -0.376 e. The monoisotopic (exact) mass is 660 g/mol. The second-order valence-corrected chi connectivity index (χ2v) is 9.48. The molecule has 0 aliphatic heterocycles. The van der Waals surface area contributed by atoms with Gasteiger partial charge in [-0.15, -0.1) is 0 Å². The van der Waals surface area contributed by atoms with Crippen LogP contribution in [-0.4, -0.2) is 34.9 Å². The average molecular weight is 662 g/mol. The van der Waals surface area contributed by atoms with Crippen LogP contribution < -0.4 is 32.8 Å². The lowest BCUT2D eigenvalue weighted by Gasteiger charge is -2.09. The Balaban J connectivity index is 0.000000239. The number of amides is 2. The van der Waals surface area contributed by atoms with Crippen molar-refractivity contribution in [2.75, 3.05) is 23.7 Å². The molecule has 0 radical (unpaired) electrons. The van der Waals surface area contributed by atoms with Crippen LogP contribution in [-0.2, 0) is 21.5 Å². The Morgan fingerprint density at radius 2 is 1.22 bits per heavy atom. The highest BCUT2D eigenvalue weighted by atomic mass is 79.9. The van der Waals surface area contributed by atoms with Crippen LogP contribution in [0.4, 0.5) is 11.4 Å². The number of benzene rings is 2. The van der Waals surface area contributed by atoms with Crippen molar-refractivity contribution in [3.8, 4) is 0 Å². The van der Waals surface area contributed by atoms with E-state index in [0.717, 1.165) is 22.3 Å². The molecule has 13 heteroatoms. The number of pyridine rings is 2. The van der Waals surface area contributed by atoms with E-state index in [9.17, 15) is 9.59 Å². The van der Waals surface area contributed by atoms with E-state index < -0.39 is 0 Å². The summed E-state index contributed by atoms with van der Waals surface area (Å²) < 4.78 is 0. The minimum atomic E-state index is -0.278. The van der Waals surface area contributed by atoms with E-state index in [1.807, 2.05) is 47.9 Å². The van der Waals surface area contributed by atoms with E-state index in [0.29, 0.717) is 16.6 Å². The summed E-state index contributed by atoms with van der Waals surface area (Å²) in [5, 5.41) is 8.01. The van der Waals surface area contributed by atoms with Gasteiger partial charge in [-0.05, 0) is 71.8 Å². The predicted molar refractivity (Wildman–Crippen MR) is 168 cm³/mol. The molecule has 4 aromatic rings. The SMILES string of the molecule is BrCc1ccncc1.NNC(=O)CNc1cccc(Cl)c1.O=C(CNc1cccc(Cl)c1)NNCc1ccncc1. The Bertz CT molecular complexity index is 1320. The molecule has 0 aliphatic rings. The Kier molecular flexibility index (Phi) is 16.5. The summed E-state index contributed by atoms with van der Waals surface area (Å²) in [5.41, 5.74) is 11.4. The lowest BCUT2D eigenvalue weighted by atomic mass is 10.3. The molecule has 4 rings (SSSR count). The summed E-state index contributed by atoms with van der Waals surface area (Å²) in [7, 11) is 0. The molecule has 0 atom stereocenters. The zero-order chi connectivity index (χ0) is 29.7. The molecular weight excluding hydrogens is 631 g/mol. The Morgan fingerprint density at radius 3 is 1.66 bits per heavy atom. The highest BCUT2D eigenvalue weighted by molar-refractivity contribution is 9.08. The number of hydrogen-bond donors (Lipinski definition) is 6. The lowest BCUT2D eigenvalue weighted by Crippen LogP contribution is -2.40. The van der Waals surface area contributed by atoms with E-state index in [2.05, 4.69) is 47.4 Å². The molecule has 41 heavy (non-hydrogen) atoms. The molecule has 2 amide bonds. The van der Waals surface area contributed by atoms with Crippen LogP contribution in [0.3, 0.4) is 0 Å². The molecule has 10 nitrogen and oxygen atoms in total. The molecule has 0 unspecified atom stereocenters. The van der Waals surface area contributed by atoms with Crippen LogP contribution in [0, 0.1) is 0 Å². The van der Waals surface area contributed by atoms with Gasteiger partial charge in [0.15, 0.2) is 0 Å². The number of rotatable bonds is 10. The van der Waals surface area contributed by atoms with E-state index >= 15 is 0 Å². The van der Waals surface area contributed by atoms with E-state index in [-0.39, 0.29) is 24.9 Å². The number of halogens is 3. The maximum Gasteiger partial charge on any atom is 0.253 e. The zero-order valence-electron chi connectivity index (χ0n) is 22.0. The number of aromatic nitrogens is 2. The predicted octanol–water partition coefficient (Wildman–Crippen LogP) is 4.69. The molecule has 2 heterocycles. The summed E-state index contributed by atoms with van der Waals surface area (Å²) in [6.07, 6.45) is 6.99. The quantitative estimate of drug-likeness (QED) is 0.0622. The highest BCUT2D eigenvalue weighted by Crippen LogP contribution is 2.15. The Labute approximate surface area is 257 Å². The first-order valence-corrected chi connectivity index (χ1v) is 14.1. The molecule has 0 fully saturated rings. The van der Waals surface area contributed by atoms with Gasteiger partial charge in [0.05, 0.1) is 13.1 Å². The molecular formula is C28H31BrCl2N8O2. The first-order valence-electron chi connectivity index (χ1n) is 12.2. The van der Waals surface area contributed by atoms with Crippen molar-refractivity contribution >= 4 is 62.3 Å². The number of nitrogens with two attached hydrogens (primary N) is 1. The third-order valence-electron chi connectivity index (χ3n) is 4.89. The van der Waals surface area contributed by atoms with Crippen molar-refractivity contribution in [1.29, 1.82) is 0 Å². The van der Waals surface area contributed by atoms with Gasteiger partial charge in [-0.2, -0.15) is 0 Å². The van der Waals surface area contributed by atoms with Gasteiger partial charge in [0.25, 0.3) is 11.8 Å². The second kappa shape index (κ2) is 20.2. The zero-order valence-corrected chi connectivity index (χ0v) is 25.1. The van der Waals surface area contributed by atoms with Gasteiger partial charge in [0, 0.05) is 58.1 Å². The fourth-order valence-corrected chi connectivity index (χ4v) is 3.63. The number of carbonyl (C=O) groups is 2. The van der Waals surface area contributed by atoms with Gasteiger partial charge < -0.3 is 10.6 Å². The van der Waals surface area contributed by atoms with E-state index in [1.165, 1.54) is 5.56 Å². The number of nitrogens with zero attached hydrogens (tertiary/aromatic N) is 2. The smallest absolute Gasteiger partial charge is 0.253 e. The van der Waals surface area contributed by atoms with Crippen molar-refractivity contribution in [3.05, 3.63) is 119 Å². The summed E-state index contributed by atoms with van der Waals surface area (Å²) >= 11 is 14.9. The number of carbonyl (C=O) groups excluding carboxylic acids is 2.